The lowest BCUT2D eigenvalue weighted by Gasteiger charge is -2.19. The quantitative estimate of drug-likeness (QED) is 0.819. The van der Waals surface area contributed by atoms with Crippen molar-refractivity contribution < 1.29 is 9.59 Å². The number of carbonyl (C=O) groups excluding carboxylic acids is 2. The predicted octanol–water partition coefficient (Wildman–Crippen LogP) is 2.86. The molecule has 2 aromatic rings. The maximum Gasteiger partial charge on any atom is 0.217 e. The molecule has 0 aromatic heterocycles. The maximum atomic E-state index is 12.2. The molecule has 0 aliphatic rings. The van der Waals surface area contributed by atoms with E-state index in [1.807, 2.05) is 36.4 Å². The number of thioether (sulfide) groups is 1. The zero-order chi connectivity index (χ0) is 16.7. The largest absolute Gasteiger partial charge is 0.346 e. The van der Waals surface area contributed by atoms with Crippen molar-refractivity contribution in [3.05, 3.63) is 60.7 Å². The molecule has 23 heavy (non-hydrogen) atoms. The maximum absolute atomic E-state index is 12.2. The van der Waals surface area contributed by atoms with Gasteiger partial charge in [0.2, 0.25) is 11.0 Å². The van der Waals surface area contributed by atoms with Gasteiger partial charge in [-0.25, -0.2) is 0 Å². The Morgan fingerprint density at radius 1 is 1.00 bits per heavy atom. The Bertz CT molecular complexity index is 609. The molecule has 0 aliphatic carbocycles. The third-order valence-electron chi connectivity index (χ3n) is 3.24. The van der Waals surface area contributed by atoms with E-state index >= 15 is 0 Å². The van der Waals surface area contributed by atoms with E-state index in [2.05, 4.69) is 29.6 Å². The van der Waals surface area contributed by atoms with Crippen molar-refractivity contribution in [2.24, 2.45) is 0 Å². The second-order valence-corrected chi connectivity index (χ2v) is 8.73. The van der Waals surface area contributed by atoms with Crippen LogP contribution in [0.5, 0.6) is 0 Å². The fourth-order valence-electron chi connectivity index (χ4n) is 2.13. The Morgan fingerprint density at radius 3 is 1.91 bits per heavy atom. The molecule has 2 rings (SSSR count). The Morgan fingerprint density at radius 2 is 1.48 bits per heavy atom. The van der Waals surface area contributed by atoms with Crippen molar-refractivity contribution in [3.63, 3.8) is 0 Å². The molecule has 120 valence electrons. The summed E-state index contributed by atoms with van der Waals surface area (Å²) in [6.07, 6.45) is 0. The van der Waals surface area contributed by atoms with Crippen LogP contribution < -0.4 is 15.9 Å². The van der Waals surface area contributed by atoms with E-state index in [-0.39, 0.29) is 11.0 Å². The van der Waals surface area contributed by atoms with Crippen molar-refractivity contribution in [1.82, 2.24) is 5.32 Å². The van der Waals surface area contributed by atoms with E-state index in [4.69, 9.17) is 0 Å². The molecule has 1 atom stereocenters. The zero-order valence-corrected chi connectivity index (χ0v) is 14.9. The van der Waals surface area contributed by atoms with Gasteiger partial charge in [0.25, 0.3) is 0 Å². The van der Waals surface area contributed by atoms with Crippen molar-refractivity contribution in [2.45, 2.75) is 19.9 Å². The predicted molar refractivity (Wildman–Crippen MR) is 99.8 cm³/mol. The van der Waals surface area contributed by atoms with Gasteiger partial charge in [-0.15, -0.1) is 0 Å². The van der Waals surface area contributed by atoms with Crippen LogP contribution in [0.25, 0.3) is 0 Å². The summed E-state index contributed by atoms with van der Waals surface area (Å²) in [5.74, 6) is -0.181. The number of nitrogens with one attached hydrogen (secondary N) is 1. The first-order valence-corrected chi connectivity index (χ1v) is 9.90. The number of benzene rings is 2. The lowest BCUT2D eigenvalue weighted by Crippen LogP contribution is -2.35. The summed E-state index contributed by atoms with van der Waals surface area (Å²) >= 11 is 1.30. The molecule has 0 bridgehead atoms. The summed E-state index contributed by atoms with van der Waals surface area (Å²) in [4.78, 5) is 23.3. The average Bonchev–Trinajstić information content (AvgIpc) is 2.56. The molecule has 5 heteroatoms. The molecule has 0 unspecified atom stereocenters. The lowest BCUT2D eigenvalue weighted by molar-refractivity contribution is -0.122. The molecule has 0 saturated carbocycles. The molecule has 0 fully saturated rings. The fourth-order valence-corrected chi connectivity index (χ4v) is 6.02. The standard InChI is InChI=1S/C18H20NO2PS/c1-14(19-15(2)20)18(21)23-13-22(16-9-5-3-6-10-16)17-11-7-4-8-12-17/h3-12,14H,13H2,1-2H3,(H,19,20)/t14-/m0/s1. The summed E-state index contributed by atoms with van der Waals surface area (Å²) in [5, 5.41) is 5.15. The monoisotopic (exact) mass is 345 g/mol. The van der Waals surface area contributed by atoms with Crippen LogP contribution in [0.4, 0.5) is 0 Å². The van der Waals surface area contributed by atoms with Crippen molar-refractivity contribution in [2.75, 3.05) is 5.49 Å². The third kappa shape index (κ3) is 5.49. The van der Waals surface area contributed by atoms with E-state index in [1.54, 1.807) is 6.92 Å². The Labute approximate surface area is 142 Å². The first-order valence-electron chi connectivity index (χ1n) is 7.39. The topological polar surface area (TPSA) is 46.2 Å². The minimum absolute atomic E-state index is 0.000405. The molecule has 0 heterocycles. The van der Waals surface area contributed by atoms with Crippen molar-refractivity contribution >= 4 is 41.3 Å². The van der Waals surface area contributed by atoms with E-state index in [0.717, 1.165) is 0 Å². The highest BCUT2D eigenvalue weighted by atomic mass is 32.2. The summed E-state index contributed by atoms with van der Waals surface area (Å²) in [7, 11) is -0.599. The molecule has 1 amide bonds. The van der Waals surface area contributed by atoms with Gasteiger partial charge in [-0.3, -0.25) is 9.59 Å². The summed E-state index contributed by atoms with van der Waals surface area (Å²) in [6, 6.07) is 20.1. The van der Waals surface area contributed by atoms with E-state index in [9.17, 15) is 9.59 Å². The molecule has 1 N–H and O–H groups in total. The van der Waals surface area contributed by atoms with E-state index in [1.165, 1.54) is 29.3 Å². The molecule has 3 nitrogen and oxygen atoms in total. The second kappa shape index (κ2) is 8.85. The van der Waals surface area contributed by atoms with Gasteiger partial charge in [-0.05, 0) is 25.5 Å². The molecule has 0 aliphatic heterocycles. The number of hydrogen-bond acceptors (Lipinski definition) is 3. The van der Waals surface area contributed by atoms with Gasteiger partial charge in [0.1, 0.15) is 0 Å². The van der Waals surface area contributed by atoms with Crippen LogP contribution in [0.3, 0.4) is 0 Å². The van der Waals surface area contributed by atoms with Crippen LogP contribution in [0, 0.1) is 0 Å². The Kier molecular flexibility index (Phi) is 6.82. The van der Waals surface area contributed by atoms with Crippen molar-refractivity contribution in [3.8, 4) is 0 Å². The van der Waals surface area contributed by atoms with E-state index < -0.39 is 14.0 Å². The normalized spacial score (nSPS) is 12.0. The fraction of sp³-hybridized carbons (Fsp3) is 0.222. The minimum Gasteiger partial charge on any atom is -0.346 e. The number of rotatable bonds is 6. The molecule has 2 aromatic carbocycles. The number of amides is 1. The summed E-state index contributed by atoms with van der Waals surface area (Å²) in [5.41, 5.74) is 0.714. The van der Waals surface area contributed by atoms with Gasteiger partial charge in [-0.2, -0.15) is 0 Å². The molecule has 0 radical (unpaired) electrons. The smallest absolute Gasteiger partial charge is 0.217 e. The average molecular weight is 345 g/mol. The molecule has 0 spiro atoms. The number of carbonyl (C=O) groups is 2. The second-order valence-electron chi connectivity index (χ2n) is 5.11. The van der Waals surface area contributed by atoms with Crippen LogP contribution in [-0.4, -0.2) is 22.6 Å². The minimum atomic E-state index is -0.599. The van der Waals surface area contributed by atoms with Crippen LogP contribution in [0.1, 0.15) is 13.8 Å². The van der Waals surface area contributed by atoms with Gasteiger partial charge in [0.15, 0.2) is 0 Å². The van der Waals surface area contributed by atoms with Crippen LogP contribution in [-0.2, 0) is 9.59 Å². The van der Waals surface area contributed by atoms with Gasteiger partial charge in [-0.1, -0.05) is 72.4 Å². The number of hydrogen-bond donors (Lipinski definition) is 1. The Balaban J connectivity index is 2.10. The highest BCUT2D eigenvalue weighted by molar-refractivity contribution is 8.18. The zero-order valence-electron chi connectivity index (χ0n) is 13.2. The highest BCUT2D eigenvalue weighted by Gasteiger charge is 2.19. The third-order valence-corrected chi connectivity index (χ3v) is 7.28. The van der Waals surface area contributed by atoms with E-state index in [0.29, 0.717) is 5.49 Å². The van der Waals surface area contributed by atoms with Crippen LogP contribution >= 0.6 is 19.7 Å². The first-order chi connectivity index (χ1) is 11.1. The summed E-state index contributed by atoms with van der Waals surface area (Å²) in [6.45, 7) is 3.15. The van der Waals surface area contributed by atoms with Gasteiger partial charge in [0, 0.05) is 12.4 Å². The van der Waals surface area contributed by atoms with Gasteiger partial charge in [0.05, 0.1) is 6.04 Å². The van der Waals surface area contributed by atoms with Crippen LogP contribution in [0.2, 0.25) is 0 Å². The Hall–Kier alpha value is -1.64. The molecule has 0 saturated heterocycles. The first kappa shape index (κ1) is 17.7. The SMILES string of the molecule is CC(=O)N[C@@H](C)C(=O)SCP(c1ccccc1)c1ccccc1. The van der Waals surface area contributed by atoms with Gasteiger partial charge < -0.3 is 5.32 Å². The molecular weight excluding hydrogens is 325 g/mol. The lowest BCUT2D eigenvalue weighted by atomic mass is 10.4. The van der Waals surface area contributed by atoms with Crippen LogP contribution in [0.15, 0.2) is 60.7 Å². The van der Waals surface area contributed by atoms with Crippen molar-refractivity contribution in [1.29, 1.82) is 0 Å². The summed E-state index contributed by atoms with van der Waals surface area (Å²) < 4.78 is 0. The highest BCUT2D eigenvalue weighted by Crippen LogP contribution is 2.37. The van der Waals surface area contributed by atoms with Gasteiger partial charge >= 0.3 is 0 Å². The molecular formula is C18H20NO2PS.